The maximum Gasteiger partial charge on any atom is 0.411 e. The number of rotatable bonds is 0. The summed E-state index contributed by atoms with van der Waals surface area (Å²) in [5.74, 6) is -0.0636. The summed E-state index contributed by atoms with van der Waals surface area (Å²) in [7, 11) is 0. The van der Waals surface area contributed by atoms with Crippen molar-refractivity contribution in [2.24, 2.45) is 5.41 Å². The van der Waals surface area contributed by atoms with Crippen molar-refractivity contribution in [3.63, 3.8) is 0 Å². The Morgan fingerprint density at radius 3 is 2.62 bits per heavy atom. The van der Waals surface area contributed by atoms with Crippen LogP contribution in [-0.4, -0.2) is 59.3 Å². The molecule has 0 aliphatic carbocycles. The van der Waals surface area contributed by atoms with Crippen LogP contribution in [-0.2, 0) is 32.0 Å². The molecule has 8 heteroatoms. The van der Waals surface area contributed by atoms with E-state index in [4.69, 9.17) is 14.2 Å². The Hall–Kier alpha value is -1.77. The van der Waals surface area contributed by atoms with E-state index >= 15 is 0 Å². The molecule has 0 N–H and O–H groups in total. The number of fused-ring (bicyclic) bond motifs is 3. The lowest BCUT2D eigenvalue weighted by molar-refractivity contribution is -0.123. The van der Waals surface area contributed by atoms with E-state index in [0.29, 0.717) is 43.1 Å². The molecule has 7 nitrogen and oxygen atoms in total. The molecule has 2 bridgehead atoms. The van der Waals surface area contributed by atoms with Crippen molar-refractivity contribution in [3.05, 3.63) is 40.1 Å². The van der Waals surface area contributed by atoms with Gasteiger partial charge in [-0.2, -0.15) is 0 Å². The highest BCUT2D eigenvalue weighted by atomic mass is 79.9. The molecule has 2 aliphatic rings. The SMILES string of the molecule is C[C@H]1N(C(=O)OC(C)(C)C)[C@H]2C[C@]1(C)COCC=CCOCc1ccc(Br)nc1CC2=O. The number of Topliss-reactive ketones (excluding diaryl/α,β-unsaturated/α-hetero) is 1. The molecule has 1 fully saturated rings. The topological polar surface area (TPSA) is 78.0 Å². The van der Waals surface area contributed by atoms with Gasteiger partial charge in [0.15, 0.2) is 5.78 Å². The van der Waals surface area contributed by atoms with Crippen LogP contribution in [0.2, 0.25) is 0 Å². The second kappa shape index (κ2) is 10.0. The van der Waals surface area contributed by atoms with Crippen molar-refractivity contribution in [1.82, 2.24) is 9.88 Å². The summed E-state index contributed by atoms with van der Waals surface area (Å²) >= 11 is 3.40. The minimum Gasteiger partial charge on any atom is -0.444 e. The highest BCUT2D eigenvalue weighted by Gasteiger charge is 2.52. The Morgan fingerprint density at radius 2 is 1.94 bits per heavy atom. The van der Waals surface area contributed by atoms with Gasteiger partial charge in [-0.05, 0) is 61.7 Å². The summed E-state index contributed by atoms with van der Waals surface area (Å²) in [6.45, 7) is 11.2. The Balaban J connectivity index is 1.96. The number of ether oxygens (including phenoxy) is 3. The Bertz CT molecular complexity index is 882. The summed E-state index contributed by atoms with van der Waals surface area (Å²) in [5.41, 5.74) is 0.483. The van der Waals surface area contributed by atoms with E-state index < -0.39 is 17.7 Å². The first-order valence-electron chi connectivity index (χ1n) is 11.0. The molecule has 3 heterocycles. The third kappa shape index (κ3) is 5.97. The highest BCUT2D eigenvalue weighted by molar-refractivity contribution is 9.10. The van der Waals surface area contributed by atoms with Gasteiger partial charge >= 0.3 is 6.09 Å². The molecule has 1 aromatic rings. The van der Waals surface area contributed by atoms with Gasteiger partial charge in [0.25, 0.3) is 0 Å². The molecule has 1 amide bonds. The van der Waals surface area contributed by atoms with Gasteiger partial charge in [0, 0.05) is 11.5 Å². The average molecular weight is 509 g/mol. The van der Waals surface area contributed by atoms with Gasteiger partial charge in [0.2, 0.25) is 0 Å². The van der Waals surface area contributed by atoms with E-state index in [-0.39, 0.29) is 23.7 Å². The molecule has 176 valence electrons. The zero-order chi connectivity index (χ0) is 23.5. The van der Waals surface area contributed by atoms with Gasteiger partial charge in [-0.1, -0.05) is 25.1 Å². The number of carbonyl (C=O) groups excluding carboxylic acids is 2. The predicted octanol–water partition coefficient (Wildman–Crippen LogP) is 4.46. The summed E-state index contributed by atoms with van der Waals surface area (Å²) in [6.07, 6.45) is 4.00. The van der Waals surface area contributed by atoms with Crippen LogP contribution in [0.5, 0.6) is 0 Å². The van der Waals surface area contributed by atoms with Crippen LogP contribution in [0.1, 0.15) is 52.3 Å². The Morgan fingerprint density at radius 1 is 1.25 bits per heavy atom. The molecule has 3 rings (SSSR count). The first-order valence-corrected chi connectivity index (χ1v) is 11.8. The third-order valence-corrected chi connectivity index (χ3v) is 6.50. The summed E-state index contributed by atoms with van der Waals surface area (Å²) in [5, 5.41) is 0. The van der Waals surface area contributed by atoms with E-state index in [1.54, 1.807) is 4.90 Å². The smallest absolute Gasteiger partial charge is 0.411 e. The summed E-state index contributed by atoms with van der Waals surface area (Å²) in [6, 6.07) is 2.93. The van der Waals surface area contributed by atoms with Crippen LogP contribution in [0.25, 0.3) is 0 Å². The maximum absolute atomic E-state index is 13.6. The number of likely N-dealkylation sites (tertiary alicyclic amines) is 1. The molecular formula is C24H33BrN2O5. The second-order valence-electron chi connectivity index (χ2n) is 9.82. The van der Waals surface area contributed by atoms with Crippen molar-refractivity contribution >= 4 is 27.8 Å². The standard InChI is InChI=1S/C24H33BrN2O5/c1-16-24(5)13-19(27(16)22(29)32-23(2,3)4)20(28)12-18-17(8-9-21(25)26-18)14-30-10-6-7-11-31-15-24/h6-9,16,19H,10-15H2,1-5H3/t16-,19+,24-/m1/s1. The van der Waals surface area contributed by atoms with Gasteiger partial charge in [-0.25, -0.2) is 9.78 Å². The van der Waals surface area contributed by atoms with Crippen molar-refractivity contribution < 1.29 is 23.8 Å². The lowest BCUT2D eigenvalue weighted by Gasteiger charge is -2.34. The van der Waals surface area contributed by atoms with Crippen LogP contribution in [0.15, 0.2) is 28.9 Å². The first kappa shape index (κ1) is 24.9. The molecule has 1 aromatic heterocycles. The van der Waals surface area contributed by atoms with Crippen LogP contribution in [0, 0.1) is 5.41 Å². The lowest BCUT2D eigenvalue weighted by Crippen LogP contribution is -2.48. The molecule has 0 spiro atoms. The van der Waals surface area contributed by atoms with E-state index in [2.05, 4.69) is 27.8 Å². The molecule has 3 atom stereocenters. The van der Waals surface area contributed by atoms with Gasteiger partial charge in [-0.15, -0.1) is 0 Å². The van der Waals surface area contributed by atoms with Crippen molar-refractivity contribution in [3.8, 4) is 0 Å². The van der Waals surface area contributed by atoms with Gasteiger partial charge in [0.1, 0.15) is 10.2 Å². The number of hydrogen-bond donors (Lipinski definition) is 0. The number of aromatic nitrogens is 1. The van der Waals surface area contributed by atoms with E-state index in [0.717, 1.165) is 5.56 Å². The van der Waals surface area contributed by atoms with Crippen molar-refractivity contribution in [1.29, 1.82) is 0 Å². The minimum absolute atomic E-state index is 0.0636. The molecule has 1 saturated heterocycles. The summed E-state index contributed by atoms with van der Waals surface area (Å²) < 4.78 is 18.0. The summed E-state index contributed by atoms with van der Waals surface area (Å²) in [4.78, 5) is 32.8. The minimum atomic E-state index is -0.655. The second-order valence-corrected chi connectivity index (χ2v) is 10.6. The van der Waals surface area contributed by atoms with E-state index in [9.17, 15) is 9.59 Å². The fourth-order valence-electron chi connectivity index (χ4n) is 4.17. The third-order valence-electron chi connectivity index (χ3n) is 6.06. The number of ketones is 1. The van der Waals surface area contributed by atoms with Crippen molar-refractivity contribution in [2.45, 2.75) is 71.8 Å². The highest BCUT2D eigenvalue weighted by Crippen LogP contribution is 2.42. The predicted molar refractivity (Wildman–Crippen MR) is 124 cm³/mol. The fourth-order valence-corrected chi connectivity index (χ4v) is 4.51. The fraction of sp³-hybridized carbons (Fsp3) is 0.625. The van der Waals surface area contributed by atoms with E-state index in [1.807, 2.05) is 52.0 Å². The molecule has 0 radical (unpaired) electrons. The lowest BCUT2D eigenvalue weighted by atomic mass is 9.82. The van der Waals surface area contributed by atoms with Crippen LogP contribution in [0.4, 0.5) is 4.79 Å². The van der Waals surface area contributed by atoms with Crippen LogP contribution >= 0.6 is 15.9 Å². The number of carbonyl (C=O) groups is 2. The number of hydrogen-bond acceptors (Lipinski definition) is 6. The number of amides is 1. The number of pyridine rings is 1. The molecule has 0 unspecified atom stereocenters. The van der Waals surface area contributed by atoms with Crippen LogP contribution < -0.4 is 0 Å². The molecule has 32 heavy (non-hydrogen) atoms. The van der Waals surface area contributed by atoms with Crippen LogP contribution in [0.3, 0.4) is 0 Å². The molecule has 0 aromatic carbocycles. The average Bonchev–Trinajstić information content (AvgIpc) is 2.95. The normalized spacial score (nSPS) is 27.4. The van der Waals surface area contributed by atoms with Crippen molar-refractivity contribution in [2.75, 3.05) is 19.8 Å². The Kier molecular flexibility index (Phi) is 7.78. The first-order chi connectivity index (χ1) is 15.0. The largest absolute Gasteiger partial charge is 0.444 e. The zero-order valence-corrected chi connectivity index (χ0v) is 21.1. The monoisotopic (exact) mass is 508 g/mol. The molecule has 0 saturated carbocycles. The van der Waals surface area contributed by atoms with Gasteiger partial charge < -0.3 is 14.2 Å². The number of nitrogens with zero attached hydrogens (tertiary/aromatic N) is 2. The van der Waals surface area contributed by atoms with Gasteiger partial charge in [-0.3, -0.25) is 9.69 Å². The quantitative estimate of drug-likeness (QED) is 0.380. The zero-order valence-electron chi connectivity index (χ0n) is 19.5. The van der Waals surface area contributed by atoms with Gasteiger partial charge in [0.05, 0.1) is 44.6 Å². The van der Waals surface area contributed by atoms with E-state index in [1.165, 1.54) is 0 Å². The number of halogens is 1. The maximum atomic E-state index is 13.6. The molecule has 2 aliphatic heterocycles. The molecular weight excluding hydrogens is 476 g/mol. The Labute approximate surface area is 198 Å².